The van der Waals surface area contributed by atoms with Crippen LogP contribution in [0.3, 0.4) is 0 Å². The van der Waals surface area contributed by atoms with Crippen LogP contribution in [0.25, 0.3) is 5.57 Å². The van der Waals surface area contributed by atoms with Crippen LogP contribution in [0.5, 0.6) is 5.75 Å². The lowest BCUT2D eigenvalue weighted by molar-refractivity contribution is -0.137. The lowest BCUT2D eigenvalue weighted by atomic mass is 9.99. The molecule has 0 unspecified atom stereocenters. The number of amides is 2. The number of benzene rings is 2. The van der Waals surface area contributed by atoms with Crippen molar-refractivity contribution >= 4 is 23.1 Å². The smallest absolute Gasteiger partial charge is 0.278 e. The van der Waals surface area contributed by atoms with Gasteiger partial charge in [0.1, 0.15) is 11.4 Å². The van der Waals surface area contributed by atoms with E-state index in [1.807, 2.05) is 77.1 Å². The van der Waals surface area contributed by atoms with E-state index in [0.717, 1.165) is 16.7 Å². The predicted molar refractivity (Wildman–Crippen MR) is 122 cm³/mol. The molecule has 1 aliphatic heterocycles. The average molecular weight is 423 g/mol. The number of carbonyl (C=O) groups excluding carboxylic acids is 2. The van der Waals surface area contributed by atoms with Crippen molar-refractivity contribution in [3.05, 3.63) is 64.9 Å². The maximum atomic E-state index is 13.3. The molecule has 164 valence electrons. The number of hydrogen-bond acceptors (Lipinski definition) is 5. The van der Waals surface area contributed by atoms with Gasteiger partial charge in [0.2, 0.25) is 0 Å². The summed E-state index contributed by atoms with van der Waals surface area (Å²) in [5.74, 6) is 0.0243. The van der Waals surface area contributed by atoms with E-state index in [2.05, 4.69) is 5.32 Å². The van der Waals surface area contributed by atoms with Crippen molar-refractivity contribution in [2.24, 2.45) is 0 Å². The number of carbonyl (C=O) groups is 2. The lowest BCUT2D eigenvalue weighted by Gasteiger charge is -2.16. The van der Waals surface area contributed by atoms with Crippen LogP contribution in [-0.2, 0) is 14.3 Å². The van der Waals surface area contributed by atoms with Gasteiger partial charge in [-0.2, -0.15) is 0 Å². The summed E-state index contributed by atoms with van der Waals surface area (Å²) >= 11 is 0. The highest BCUT2D eigenvalue weighted by molar-refractivity contribution is 6.36. The highest BCUT2D eigenvalue weighted by Gasteiger charge is 2.39. The van der Waals surface area contributed by atoms with Gasteiger partial charge in [-0.25, -0.2) is 0 Å². The molecule has 0 saturated heterocycles. The van der Waals surface area contributed by atoms with E-state index in [4.69, 9.17) is 9.47 Å². The fourth-order valence-corrected chi connectivity index (χ4v) is 3.41. The quantitative estimate of drug-likeness (QED) is 0.610. The summed E-state index contributed by atoms with van der Waals surface area (Å²) in [5, 5.41) is 3.18. The van der Waals surface area contributed by atoms with Crippen molar-refractivity contribution in [1.29, 1.82) is 0 Å². The summed E-state index contributed by atoms with van der Waals surface area (Å²) in [6.07, 6.45) is 0.0267. The summed E-state index contributed by atoms with van der Waals surface area (Å²) in [6, 6.07) is 13.2. The number of imide groups is 1. The number of nitrogens with zero attached hydrogens (tertiary/aromatic N) is 1. The first-order chi connectivity index (χ1) is 14.8. The molecular formula is C25H30N2O4. The van der Waals surface area contributed by atoms with E-state index in [-0.39, 0.29) is 30.2 Å². The largest absolute Gasteiger partial charge is 0.494 e. The minimum atomic E-state index is -0.354. The number of anilines is 1. The van der Waals surface area contributed by atoms with Gasteiger partial charge in [0.25, 0.3) is 11.8 Å². The van der Waals surface area contributed by atoms with Crippen LogP contribution in [0, 0.1) is 13.8 Å². The standard InChI is InChI=1S/C25H30N2O4/c1-6-30-21-9-7-8-20(15-21)26-23-22(19-11-10-17(4)18(5)14-19)24(28)27(25(23)29)12-13-31-16(2)3/h7-11,14-16,26H,6,12-13H2,1-5H3. The molecule has 3 rings (SSSR count). The predicted octanol–water partition coefficient (Wildman–Crippen LogP) is 4.32. The van der Waals surface area contributed by atoms with E-state index >= 15 is 0 Å². The van der Waals surface area contributed by atoms with E-state index in [1.54, 1.807) is 0 Å². The van der Waals surface area contributed by atoms with Gasteiger partial charge in [-0.1, -0.05) is 24.3 Å². The molecule has 1 N–H and O–H groups in total. The Kier molecular flexibility index (Phi) is 7.13. The van der Waals surface area contributed by atoms with Crippen LogP contribution in [0.15, 0.2) is 48.2 Å². The molecule has 2 amide bonds. The molecule has 0 radical (unpaired) electrons. The number of rotatable bonds is 9. The van der Waals surface area contributed by atoms with E-state index in [9.17, 15) is 9.59 Å². The second-order valence-corrected chi connectivity index (χ2v) is 7.82. The van der Waals surface area contributed by atoms with Crippen LogP contribution >= 0.6 is 0 Å². The lowest BCUT2D eigenvalue weighted by Crippen LogP contribution is -2.35. The summed E-state index contributed by atoms with van der Waals surface area (Å²) in [6.45, 7) is 10.8. The molecule has 2 aromatic rings. The Balaban J connectivity index is 1.98. The minimum absolute atomic E-state index is 0.0267. The Morgan fingerprint density at radius 3 is 2.45 bits per heavy atom. The van der Waals surface area contributed by atoms with Gasteiger partial charge in [-0.15, -0.1) is 0 Å². The van der Waals surface area contributed by atoms with Crippen molar-refractivity contribution in [3.63, 3.8) is 0 Å². The molecule has 0 bridgehead atoms. The molecule has 1 heterocycles. The first-order valence-electron chi connectivity index (χ1n) is 10.6. The molecular weight excluding hydrogens is 392 g/mol. The second-order valence-electron chi connectivity index (χ2n) is 7.82. The summed E-state index contributed by atoms with van der Waals surface area (Å²) in [4.78, 5) is 27.8. The van der Waals surface area contributed by atoms with E-state index in [1.165, 1.54) is 4.90 Å². The van der Waals surface area contributed by atoms with Gasteiger partial charge in [0, 0.05) is 11.8 Å². The maximum absolute atomic E-state index is 13.3. The Labute approximate surface area is 183 Å². The van der Waals surface area contributed by atoms with Crippen LogP contribution in [0.1, 0.15) is 37.5 Å². The van der Waals surface area contributed by atoms with E-state index < -0.39 is 0 Å². The first kappa shape index (κ1) is 22.6. The van der Waals surface area contributed by atoms with Gasteiger partial charge in [0.15, 0.2) is 0 Å². The fraction of sp³-hybridized carbons (Fsp3) is 0.360. The van der Waals surface area contributed by atoms with Crippen LogP contribution in [0.2, 0.25) is 0 Å². The second kappa shape index (κ2) is 9.79. The Morgan fingerprint density at radius 1 is 1.00 bits per heavy atom. The maximum Gasteiger partial charge on any atom is 0.278 e. The first-order valence-corrected chi connectivity index (χ1v) is 10.6. The SMILES string of the molecule is CCOc1cccc(NC2=C(c3ccc(C)c(C)c3)C(=O)N(CCOC(C)C)C2=O)c1. The molecule has 1 aliphatic rings. The molecule has 0 spiro atoms. The number of hydrogen-bond donors (Lipinski definition) is 1. The molecule has 0 fully saturated rings. The van der Waals surface area contributed by atoms with Gasteiger partial charge in [-0.3, -0.25) is 14.5 Å². The Morgan fingerprint density at radius 2 is 1.77 bits per heavy atom. The molecule has 0 aliphatic carbocycles. The fourth-order valence-electron chi connectivity index (χ4n) is 3.41. The van der Waals surface area contributed by atoms with Crippen molar-refractivity contribution in [1.82, 2.24) is 4.90 Å². The topological polar surface area (TPSA) is 67.9 Å². The molecule has 6 nitrogen and oxygen atoms in total. The number of aryl methyl sites for hydroxylation is 2. The van der Waals surface area contributed by atoms with Crippen molar-refractivity contribution in [3.8, 4) is 5.75 Å². The Bertz CT molecular complexity index is 1010. The minimum Gasteiger partial charge on any atom is -0.494 e. The third kappa shape index (κ3) is 5.14. The zero-order valence-electron chi connectivity index (χ0n) is 18.8. The summed E-state index contributed by atoms with van der Waals surface area (Å²) in [5.41, 5.74) is 4.23. The van der Waals surface area contributed by atoms with Crippen LogP contribution in [-0.4, -0.2) is 42.6 Å². The van der Waals surface area contributed by atoms with Gasteiger partial charge in [0.05, 0.1) is 31.4 Å². The monoisotopic (exact) mass is 422 g/mol. The molecule has 6 heteroatoms. The zero-order valence-corrected chi connectivity index (χ0v) is 18.8. The third-order valence-corrected chi connectivity index (χ3v) is 5.14. The van der Waals surface area contributed by atoms with Crippen molar-refractivity contribution in [2.45, 2.75) is 40.7 Å². The normalized spacial score (nSPS) is 14.1. The Hall–Kier alpha value is -3.12. The molecule has 0 atom stereocenters. The van der Waals surface area contributed by atoms with Crippen molar-refractivity contribution < 1.29 is 19.1 Å². The van der Waals surface area contributed by atoms with Crippen LogP contribution < -0.4 is 10.1 Å². The van der Waals surface area contributed by atoms with Gasteiger partial charge in [-0.05, 0) is 63.4 Å². The summed E-state index contributed by atoms with van der Waals surface area (Å²) in [7, 11) is 0. The highest BCUT2D eigenvalue weighted by atomic mass is 16.5. The molecule has 0 saturated carbocycles. The highest BCUT2D eigenvalue weighted by Crippen LogP contribution is 2.32. The molecule has 31 heavy (non-hydrogen) atoms. The van der Waals surface area contributed by atoms with Gasteiger partial charge >= 0.3 is 0 Å². The number of nitrogens with one attached hydrogen (secondary N) is 1. The van der Waals surface area contributed by atoms with E-state index in [0.29, 0.717) is 30.2 Å². The zero-order chi connectivity index (χ0) is 22.5. The molecule has 0 aromatic heterocycles. The summed E-state index contributed by atoms with van der Waals surface area (Å²) < 4.78 is 11.1. The van der Waals surface area contributed by atoms with Crippen LogP contribution in [0.4, 0.5) is 5.69 Å². The average Bonchev–Trinajstić information content (AvgIpc) is 2.95. The molecule has 2 aromatic carbocycles. The third-order valence-electron chi connectivity index (χ3n) is 5.14. The number of ether oxygens (including phenoxy) is 2. The van der Waals surface area contributed by atoms with Crippen molar-refractivity contribution in [2.75, 3.05) is 25.1 Å². The van der Waals surface area contributed by atoms with Gasteiger partial charge < -0.3 is 14.8 Å².